The van der Waals surface area contributed by atoms with Crippen molar-refractivity contribution in [2.75, 3.05) is 5.73 Å². The summed E-state index contributed by atoms with van der Waals surface area (Å²) in [4.78, 5) is 4.72. The van der Waals surface area contributed by atoms with E-state index in [1.807, 2.05) is 13.0 Å². The van der Waals surface area contributed by atoms with Crippen LogP contribution in [0, 0.1) is 13.8 Å². The van der Waals surface area contributed by atoms with Gasteiger partial charge in [-0.1, -0.05) is 31.2 Å². The van der Waals surface area contributed by atoms with E-state index >= 15 is 0 Å². The second-order valence-corrected chi connectivity index (χ2v) is 5.26. The summed E-state index contributed by atoms with van der Waals surface area (Å²) in [7, 11) is 0. The molecule has 102 valence electrons. The van der Waals surface area contributed by atoms with Gasteiger partial charge >= 0.3 is 0 Å². The first-order valence-corrected chi connectivity index (χ1v) is 6.94. The second kappa shape index (κ2) is 4.67. The molecule has 0 bridgehead atoms. The van der Waals surface area contributed by atoms with Crippen molar-refractivity contribution in [3.05, 3.63) is 53.3 Å². The van der Waals surface area contributed by atoms with Crippen LogP contribution in [0.3, 0.4) is 0 Å². The molecule has 0 spiro atoms. The van der Waals surface area contributed by atoms with Gasteiger partial charge in [0.25, 0.3) is 0 Å². The highest BCUT2D eigenvalue weighted by Crippen LogP contribution is 2.27. The highest BCUT2D eigenvalue weighted by atomic mass is 15.0. The number of hydrogen-bond acceptors (Lipinski definition) is 2. The highest BCUT2D eigenvalue weighted by molar-refractivity contribution is 5.73. The fraction of sp³-hybridized carbons (Fsp3) is 0.235. The maximum atomic E-state index is 6.08. The SMILES string of the molecule is CCc1ccc(-c2nc3c(N)cc(C)cn3c2C)cc1. The zero-order valence-corrected chi connectivity index (χ0v) is 12.1. The number of nitrogens with zero attached hydrogens (tertiary/aromatic N) is 2. The average molecular weight is 265 g/mol. The van der Waals surface area contributed by atoms with Crippen molar-refractivity contribution < 1.29 is 0 Å². The van der Waals surface area contributed by atoms with E-state index in [1.54, 1.807) is 0 Å². The lowest BCUT2D eigenvalue weighted by molar-refractivity contribution is 1.09. The molecule has 1 aromatic carbocycles. The lowest BCUT2D eigenvalue weighted by atomic mass is 10.1. The van der Waals surface area contributed by atoms with Gasteiger partial charge in [-0.15, -0.1) is 0 Å². The molecule has 0 aliphatic rings. The summed E-state index contributed by atoms with van der Waals surface area (Å²) in [5.74, 6) is 0. The largest absolute Gasteiger partial charge is 0.396 e. The lowest BCUT2D eigenvalue weighted by Crippen LogP contribution is -1.95. The van der Waals surface area contributed by atoms with E-state index in [4.69, 9.17) is 10.7 Å². The monoisotopic (exact) mass is 265 g/mol. The van der Waals surface area contributed by atoms with Crippen molar-refractivity contribution in [3.63, 3.8) is 0 Å². The molecular formula is C17H19N3. The predicted molar refractivity (Wildman–Crippen MR) is 83.9 cm³/mol. The Balaban J connectivity index is 2.20. The summed E-state index contributed by atoms with van der Waals surface area (Å²) in [6.07, 6.45) is 3.13. The van der Waals surface area contributed by atoms with Crippen molar-refractivity contribution in [2.45, 2.75) is 27.2 Å². The quantitative estimate of drug-likeness (QED) is 0.766. The van der Waals surface area contributed by atoms with Crippen LogP contribution in [0.2, 0.25) is 0 Å². The Hall–Kier alpha value is -2.29. The summed E-state index contributed by atoms with van der Waals surface area (Å²) in [6.45, 7) is 6.29. The highest BCUT2D eigenvalue weighted by Gasteiger charge is 2.12. The molecule has 0 unspecified atom stereocenters. The van der Waals surface area contributed by atoms with Gasteiger partial charge in [-0.05, 0) is 37.5 Å². The van der Waals surface area contributed by atoms with E-state index < -0.39 is 0 Å². The summed E-state index contributed by atoms with van der Waals surface area (Å²) in [5.41, 5.74) is 13.4. The molecule has 0 saturated heterocycles. The molecule has 0 amide bonds. The molecule has 3 nitrogen and oxygen atoms in total. The van der Waals surface area contributed by atoms with Crippen molar-refractivity contribution in [2.24, 2.45) is 0 Å². The molecule has 3 heteroatoms. The molecule has 3 aromatic rings. The van der Waals surface area contributed by atoms with Crippen LogP contribution in [0.4, 0.5) is 5.69 Å². The number of rotatable bonds is 2. The van der Waals surface area contributed by atoms with Crippen LogP contribution in [0.5, 0.6) is 0 Å². The number of nitrogen functional groups attached to an aromatic ring is 1. The standard InChI is InChI=1S/C17H19N3/c1-4-13-5-7-14(8-6-13)16-12(3)20-10-11(2)9-15(18)17(20)19-16/h5-10H,4,18H2,1-3H3. The van der Waals surface area contributed by atoms with Crippen LogP contribution < -0.4 is 5.73 Å². The molecule has 0 radical (unpaired) electrons. The minimum Gasteiger partial charge on any atom is -0.396 e. The van der Waals surface area contributed by atoms with E-state index in [2.05, 4.69) is 48.7 Å². The number of aryl methyl sites for hydroxylation is 3. The minimum atomic E-state index is 0.726. The van der Waals surface area contributed by atoms with Crippen LogP contribution in [-0.2, 0) is 6.42 Å². The van der Waals surface area contributed by atoms with Crippen LogP contribution in [0.25, 0.3) is 16.9 Å². The molecule has 2 heterocycles. The van der Waals surface area contributed by atoms with E-state index in [-0.39, 0.29) is 0 Å². The number of hydrogen-bond donors (Lipinski definition) is 1. The predicted octanol–water partition coefficient (Wildman–Crippen LogP) is 3.76. The average Bonchev–Trinajstić information content (AvgIpc) is 2.77. The van der Waals surface area contributed by atoms with E-state index in [9.17, 15) is 0 Å². The summed E-state index contributed by atoms with van der Waals surface area (Å²) < 4.78 is 2.08. The molecule has 0 fully saturated rings. The Kier molecular flexibility index (Phi) is 2.97. The number of anilines is 1. The number of nitrogens with two attached hydrogens (primary N) is 1. The minimum absolute atomic E-state index is 0.726. The zero-order valence-electron chi connectivity index (χ0n) is 12.1. The molecule has 2 aromatic heterocycles. The Morgan fingerprint density at radius 2 is 1.85 bits per heavy atom. The van der Waals surface area contributed by atoms with Crippen LogP contribution >= 0.6 is 0 Å². The third kappa shape index (κ3) is 1.95. The molecule has 0 aliphatic carbocycles. The normalized spacial score (nSPS) is 11.2. The van der Waals surface area contributed by atoms with Gasteiger partial charge in [-0.2, -0.15) is 0 Å². The van der Waals surface area contributed by atoms with Gasteiger partial charge in [0.05, 0.1) is 11.4 Å². The van der Waals surface area contributed by atoms with Gasteiger partial charge in [0.15, 0.2) is 5.65 Å². The second-order valence-electron chi connectivity index (χ2n) is 5.26. The van der Waals surface area contributed by atoms with Gasteiger partial charge in [0.2, 0.25) is 0 Å². The Labute approximate surface area is 119 Å². The summed E-state index contributed by atoms with van der Waals surface area (Å²) in [5, 5.41) is 0. The van der Waals surface area contributed by atoms with Gasteiger partial charge in [-0.3, -0.25) is 0 Å². The molecule has 0 aliphatic heterocycles. The first kappa shape index (κ1) is 12.7. The molecule has 20 heavy (non-hydrogen) atoms. The molecule has 3 rings (SSSR count). The van der Waals surface area contributed by atoms with Crippen molar-refractivity contribution >= 4 is 11.3 Å². The smallest absolute Gasteiger partial charge is 0.160 e. The number of imidazole rings is 1. The fourth-order valence-electron chi connectivity index (χ4n) is 2.60. The maximum Gasteiger partial charge on any atom is 0.160 e. The van der Waals surface area contributed by atoms with Crippen LogP contribution in [0.15, 0.2) is 36.5 Å². The fourth-order valence-corrected chi connectivity index (χ4v) is 2.60. The van der Waals surface area contributed by atoms with Gasteiger partial charge in [-0.25, -0.2) is 4.98 Å². The Morgan fingerprint density at radius 1 is 1.15 bits per heavy atom. The molecule has 0 atom stereocenters. The number of aromatic nitrogens is 2. The third-order valence-electron chi connectivity index (χ3n) is 3.76. The van der Waals surface area contributed by atoms with Gasteiger partial charge in [0, 0.05) is 17.5 Å². The van der Waals surface area contributed by atoms with Crippen molar-refractivity contribution in [1.29, 1.82) is 0 Å². The summed E-state index contributed by atoms with van der Waals surface area (Å²) in [6, 6.07) is 10.6. The first-order valence-electron chi connectivity index (χ1n) is 6.94. The summed E-state index contributed by atoms with van der Waals surface area (Å²) >= 11 is 0. The molecule has 0 saturated carbocycles. The molecule has 2 N–H and O–H groups in total. The van der Waals surface area contributed by atoms with Gasteiger partial charge < -0.3 is 10.1 Å². The van der Waals surface area contributed by atoms with E-state index in [0.717, 1.165) is 40.3 Å². The zero-order chi connectivity index (χ0) is 14.3. The topological polar surface area (TPSA) is 43.3 Å². The van der Waals surface area contributed by atoms with Crippen LogP contribution in [-0.4, -0.2) is 9.38 Å². The van der Waals surface area contributed by atoms with E-state index in [1.165, 1.54) is 5.56 Å². The molecular weight excluding hydrogens is 246 g/mol. The lowest BCUT2D eigenvalue weighted by Gasteiger charge is -2.02. The Bertz CT molecular complexity index is 767. The van der Waals surface area contributed by atoms with Gasteiger partial charge in [0.1, 0.15) is 0 Å². The number of pyridine rings is 1. The third-order valence-corrected chi connectivity index (χ3v) is 3.76. The maximum absolute atomic E-state index is 6.08. The van der Waals surface area contributed by atoms with Crippen molar-refractivity contribution in [3.8, 4) is 11.3 Å². The Morgan fingerprint density at radius 3 is 2.50 bits per heavy atom. The van der Waals surface area contributed by atoms with Crippen molar-refractivity contribution in [1.82, 2.24) is 9.38 Å². The van der Waals surface area contributed by atoms with Crippen LogP contribution in [0.1, 0.15) is 23.7 Å². The first-order chi connectivity index (χ1) is 9.60. The number of fused-ring (bicyclic) bond motifs is 1. The van der Waals surface area contributed by atoms with E-state index in [0.29, 0.717) is 0 Å². The number of benzene rings is 1.